The molecule has 8 heteroatoms. The second kappa shape index (κ2) is 8.86. The molecule has 170 valence electrons. The molecule has 0 fully saturated rings. The molecule has 0 saturated heterocycles. The Hall–Kier alpha value is -3.39. The fourth-order valence-electron chi connectivity index (χ4n) is 4.18. The van der Waals surface area contributed by atoms with Crippen LogP contribution in [-0.4, -0.2) is 11.6 Å². The van der Waals surface area contributed by atoms with Crippen LogP contribution in [0.1, 0.15) is 59.0 Å². The third-order valence-corrected chi connectivity index (χ3v) is 6.81. The van der Waals surface area contributed by atoms with E-state index in [1.54, 1.807) is 18.2 Å². The second-order valence-electron chi connectivity index (χ2n) is 7.86. The SMILES string of the molecule is CCC1=C(CC(C)=O)C(c2ccccc2F)c2c(sc(C(=O)c3ccc(F)c(F)c3)c2N)N1. The first-order valence-corrected chi connectivity index (χ1v) is 11.2. The van der Waals surface area contributed by atoms with Crippen LogP contribution in [0.25, 0.3) is 0 Å². The van der Waals surface area contributed by atoms with Crippen LogP contribution >= 0.6 is 11.3 Å². The van der Waals surface area contributed by atoms with E-state index in [0.29, 0.717) is 28.1 Å². The van der Waals surface area contributed by atoms with E-state index in [4.69, 9.17) is 5.73 Å². The highest BCUT2D eigenvalue weighted by Gasteiger charge is 2.36. The Bertz CT molecular complexity index is 1310. The van der Waals surface area contributed by atoms with Gasteiger partial charge < -0.3 is 11.1 Å². The zero-order valence-electron chi connectivity index (χ0n) is 18.0. The van der Waals surface area contributed by atoms with Gasteiger partial charge in [-0.2, -0.15) is 0 Å². The molecular formula is C25H21F3N2O2S. The Balaban J connectivity index is 1.91. The number of thiophene rings is 1. The normalized spacial score (nSPS) is 15.2. The van der Waals surface area contributed by atoms with Gasteiger partial charge in [0, 0.05) is 29.2 Å². The van der Waals surface area contributed by atoms with E-state index in [1.165, 1.54) is 19.1 Å². The van der Waals surface area contributed by atoms with Gasteiger partial charge in [0.15, 0.2) is 11.6 Å². The Morgan fingerprint density at radius 3 is 2.42 bits per heavy atom. The van der Waals surface area contributed by atoms with Gasteiger partial charge in [-0.3, -0.25) is 9.59 Å². The number of Topliss-reactive ketones (excluding diaryl/α,β-unsaturated/α-hetero) is 1. The first kappa shape index (κ1) is 22.8. The fourth-order valence-corrected chi connectivity index (χ4v) is 5.33. The van der Waals surface area contributed by atoms with Crippen LogP contribution in [0.15, 0.2) is 53.7 Å². The van der Waals surface area contributed by atoms with Crippen LogP contribution in [-0.2, 0) is 4.79 Å². The van der Waals surface area contributed by atoms with Crippen molar-refractivity contribution in [2.24, 2.45) is 0 Å². The number of hydrogen-bond acceptors (Lipinski definition) is 5. The monoisotopic (exact) mass is 470 g/mol. The maximum atomic E-state index is 14.9. The molecule has 1 aromatic heterocycles. The fraction of sp³-hybridized carbons (Fsp3) is 0.200. The van der Waals surface area contributed by atoms with Gasteiger partial charge in [0.25, 0.3) is 0 Å². The van der Waals surface area contributed by atoms with Gasteiger partial charge in [0.05, 0.1) is 10.7 Å². The third kappa shape index (κ3) is 4.06. The lowest BCUT2D eigenvalue weighted by Gasteiger charge is -2.30. The molecule has 2 heterocycles. The lowest BCUT2D eigenvalue weighted by Crippen LogP contribution is -2.20. The van der Waals surface area contributed by atoms with Crippen molar-refractivity contribution in [3.05, 3.63) is 92.8 Å². The molecule has 33 heavy (non-hydrogen) atoms. The van der Waals surface area contributed by atoms with Crippen molar-refractivity contribution in [1.82, 2.24) is 0 Å². The Labute approximate surface area is 192 Å². The molecule has 4 rings (SSSR count). The lowest BCUT2D eigenvalue weighted by atomic mass is 9.79. The van der Waals surface area contributed by atoms with Gasteiger partial charge in [-0.25, -0.2) is 13.2 Å². The molecule has 0 bridgehead atoms. The lowest BCUT2D eigenvalue weighted by molar-refractivity contribution is -0.116. The predicted molar refractivity (Wildman–Crippen MR) is 123 cm³/mol. The maximum Gasteiger partial charge on any atom is 0.205 e. The number of hydrogen-bond donors (Lipinski definition) is 2. The largest absolute Gasteiger partial charge is 0.397 e. The van der Waals surface area contributed by atoms with Gasteiger partial charge in [-0.15, -0.1) is 11.3 Å². The number of nitrogens with two attached hydrogens (primary N) is 1. The molecular weight excluding hydrogens is 449 g/mol. The first-order valence-electron chi connectivity index (χ1n) is 10.4. The second-order valence-corrected chi connectivity index (χ2v) is 8.88. The van der Waals surface area contributed by atoms with Gasteiger partial charge in [0.2, 0.25) is 5.78 Å². The number of halogens is 3. The number of ketones is 2. The number of carbonyl (C=O) groups excluding carboxylic acids is 2. The van der Waals surface area contributed by atoms with Crippen molar-refractivity contribution in [2.75, 3.05) is 11.1 Å². The summed E-state index contributed by atoms with van der Waals surface area (Å²) in [5.41, 5.74) is 8.83. The summed E-state index contributed by atoms with van der Waals surface area (Å²) in [5.74, 6) is -3.96. The molecule has 0 aliphatic carbocycles. The van der Waals surface area contributed by atoms with Gasteiger partial charge in [-0.1, -0.05) is 25.1 Å². The summed E-state index contributed by atoms with van der Waals surface area (Å²) in [6.45, 7) is 3.37. The molecule has 2 aromatic carbocycles. The number of nitrogen functional groups attached to an aromatic ring is 1. The number of anilines is 2. The Kier molecular flexibility index (Phi) is 6.12. The standard InChI is InChI=1S/C25H21F3N2O2S/c1-3-19-15(10-12(2)31)20(14-6-4-5-7-16(14)26)21-22(29)24(33-25(21)30-19)23(32)13-8-9-17(27)18(28)11-13/h4-9,11,20,30H,3,10,29H2,1-2H3. The topological polar surface area (TPSA) is 72.2 Å². The molecule has 3 aromatic rings. The number of rotatable bonds is 6. The minimum absolute atomic E-state index is 0.0470. The van der Waals surface area contributed by atoms with Crippen LogP contribution in [0.4, 0.5) is 23.9 Å². The molecule has 1 aliphatic rings. The van der Waals surface area contributed by atoms with Crippen molar-refractivity contribution in [1.29, 1.82) is 0 Å². The zero-order chi connectivity index (χ0) is 23.9. The van der Waals surface area contributed by atoms with Crippen LogP contribution in [0.3, 0.4) is 0 Å². The summed E-state index contributed by atoms with van der Waals surface area (Å²) < 4.78 is 42.0. The van der Waals surface area contributed by atoms with Crippen molar-refractivity contribution >= 4 is 33.6 Å². The van der Waals surface area contributed by atoms with Crippen molar-refractivity contribution in [3.8, 4) is 0 Å². The molecule has 3 N–H and O–H groups in total. The summed E-state index contributed by atoms with van der Waals surface area (Å²) in [7, 11) is 0. The van der Waals surface area contributed by atoms with Crippen LogP contribution in [0, 0.1) is 17.5 Å². The molecule has 0 amide bonds. The highest BCUT2D eigenvalue weighted by Crippen LogP contribution is 2.51. The van der Waals surface area contributed by atoms with E-state index in [1.807, 2.05) is 6.92 Å². The number of allylic oxidation sites excluding steroid dienone is 2. The Morgan fingerprint density at radius 2 is 1.79 bits per heavy atom. The minimum Gasteiger partial charge on any atom is -0.397 e. The van der Waals surface area contributed by atoms with Crippen molar-refractivity contribution in [3.63, 3.8) is 0 Å². The molecule has 0 saturated carbocycles. The summed E-state index contributed by atoms with van der Waals surface area (Å²) in [4.78, 5) is 25.4. The van der Waals surface area contributed by atoms with E-state index in [9.17, 15) is 22.8 Å². The average molecular weight is 471 g/mol. The average Bonchev–Trinajstić information content (AvgIpc) is 3.11. The molecule has 0 radical (unpaired) electrons. The number of benzene rings is 2. The van der Waals surface area contributed by atoms with Gasteiger partial charge in [0.1, 0.15) is 16.5 Å². The number of fused-ring (bicyclic) bond motifs is 1. The van der Waals surface area contributed by atoms with E-state index < -0.39 is 29.2 Å². The number of nitrogens with one attached hydrogen (secondary N) is 1. The summed E-state index contributed by atoms with van der Waals surface area (Å²) in [6, 6.07) is 9.15. The zero-order valence-corrected chi connectivity index (χ0v) is 18.8. The molecule has 1 aliphatic heterocycles. The van der Waals surface area contributed by atoms with E-state index in [2.05, 4.69) is 5.32 Å². The van der Waals surface area contributed by atoms with E-state index in [0.717, 1.165) is 29.2 Å². The van der Waals surface area contributed by atoms with Gasteiger partial charge in [-0.05, 0) is 48.7 Å². The summed E-state index contributed by atoms with van der Waals surface area (Å²) in [6.07, 6.45) is 0.646. The van der Waals surface area contributed by atoms with Crippen LogP contribution < -0.4 is 11.1 Å². The van der Waals surface area contributed by atoms with Crippen LogP contribution in [0.2, 0.25) is 0 Å². The van der Waals surface area contributed by atoms with Crippen LogP contribution in [0.5, 0.6) is 0 Å². The maximum absolute atomic E-state index is 14.9. The molecule has 1 unspecified atom stereocenters. The highest BCUT2D eigenvalue weighted by atomic mass is 32.1. The molecule has 4 nitrogen and oxygen atoms in total. The molecule has 1 atom stereocenters. The Morgan fingerprint density at radius 1 is 1.06 bits per heavy atom. The smallest absolute Gasteiger partial charge is 0.205 e. The minimum atomic E-state index is -1.14. The predicted octanol–water partition coefficient (Wildman–Crippen LogP) is 6.18. The van der Waals surface area contributed by atoms with E-state index >= 15 is 0 Å². The van der Waals surface area contributed by atoms with E-state index in [-0.39, 0.29) is 28.3 Å². The highest BCUT2D eigenvalue weighted by molar-refractivity contribution is 7.19. The van der Waals surface area contributed by atoms with Crippen molar-refractivity contribution < 1.29 is 22.8 Å². The third-order valence-electron chi connectivity index (χ3n) is 5.67. The van der Waals surface area contributed by atoms with Crippen molar-refractivity contribution in [2.45, 2.75) is 32.6 Å². The quantitative estimate of drug-likeness (QED) is 0.422. The van der Waals surface area contributed by atoms with Gasteiger partial charge >= 0.3 is 0 Å². The summed E-state index contributed by atoms with van der Waals surface area (Å²) in [5, 5.41) is 3.83. The molecule has 0 spiro atoms. The summed E-state index contributed by atoms with van der Waals surface area (Å²) >= 11 is 1.08. The number of carbonyl (C=O) groups is 2. The first-order chi connectivity index (χ1) is 15.7.